The van der Waals surface area contributed by atoms with Gasteiger partial charge in [-0.3, -0.25) is 4.79 Å². The van der Waals surface area contributed by atoms with Crippen LogP contribution in [0.15, 0.2) is 47.4 Å². The number of nitrogens with zero attached hydrogens (tertiary/aromatic N) is 1. The minimum Gasteiger partial charge on any atom is -0.355 e. The van der Waals surface area contributed by atoms with Gasteiger partial charge in [-0.1, -0.05) is 29.8 Å². The normalized spacial score (nSPS) is 11.0. The number of para-hydroxylation sites is 2. The number of imidazole rings is 1. The molecular formula is C20H23N3OS. The number of nitrogens with one attached hydrogen (secondary N) is 2. The highest BCUT2D eigenvalue weighted by Crippen LogP contribution is 2.23. The molecule has 0 aliphatic carbocycles. The highest BCUT2D eigenvalue weighted by molar-refractivity contribution is 8.00. The van der Waals surface area contributed by atoms with Gasteiger partial charge in [0, 0.05) is 17.9 Å². The van der Waals surface area contributed by atoms with Crippen molar-refractivity contribution in [2.24, 2.45) is 0 Å². The lowest BCUT2D eigenvalue weighted by Gasteiger charge is -2.07. The van der Waals surface area contributed by atoms with E-state index in [1.54, 1.807) is 11.8 Å². The Balaban J connectivity index is 1.39. The predicted octanol–water partition coefficient (Wildman–Crippen LogP) is 4.02. The lowest BCUT2D eigenvalue weighted by atomic mass is 10.2. The molecule has 0 unspecified atom stereocenters. The summed E-state index contributed by atoms with van der Waals surface area (Å²) in [5, 5.41) is 2.99. The number of thioether (sulfide) groups is 1. The number of hydrogen-bond donors (Lipinski definition) is 2. The first kappa shape index (κ1) is 17.5. The average Bonchev–Trinajstić information content (AvgIpc) is 3.02. The van der Waals surface area contributed by atoms with E-state index in [0.29, 0.717) is 12.3 Å². The van der Waals surface area contributed by atoms with Gasteiger partial charge in [-0.25, -0.2) is 4.98 Å². The van der Waals surface area contributed by atoms with Crippen LogP contribution in [0.1, 0.15) is 23.4 Å². The van der Waals surface area contributed by atoms with Crippen molar-refractivity contribution >= 4 is 28.7 Å². The summed E-state index contributed by atoms with van der Waals surface area (Å²) in [4.78, 5) is 21.1. The molecule has 2 aromatic carbocycles. The van der Waals surface area contributed by atoms with Gasteiger partial charge in [0.1, 0.15) is 5.82 Å². The summed E-state index contributed by atoms with van der Waals surface area (Å²) in [6, 6.07) is 14.3. The molecule has 4 nitrogen and oxygen atoms in total. The first-order valence-corrected chi connectivity index (χ1v) is 9.51. The lowest BCUT2D eigenvalue weighted by molar-refractivity contribution is -0.118. The van der Waals surface area contributed by atoms with Crippen molar-refractivity contribution < 1.29 is 4.79 Å². The number of aromatic amines is 1. The fourth-order valence-electron chi connectivity index (χ4n) is 2.66. The minimum absolute atomic E-state index is 0.0792. The molecule has 0 saturated heterocycles. The summed E-state index contributed by atoms with van der Waals surface area (Å²) in [5.74, 6) is 1.50. The molecule has 2 N–H and O–H groups in total. The number of aryl methyl sites for hydroxylation is 3. The van der Waals surface area contributed by atoms with E-state index in [1.807, 2.05) is 24.3 Å². The summed E-state index contributed by atoms with van der Waals surface area (Å²) in [7, 11) is 0. The quantitative estimate of drug-likeness (QED) is 0.498. The molecule has 25 heavy (non-hydrogen) atoms. The van der Waals surface area contributed by atoms with Crippen LogP contribution >= 0.6 is 11.8 Å². The fraction of sp³-hybridized carbons (Fsp3) is 0.300. The highest BCUT2D eigenvalue weighted by atomic mass is 32.2. The van der Waals surface area contributed by atoms with Crippen LogP contribution in [0.4, 0.5) is 0 Å². The number of amides is 1. The maximum absolute atomic E-state index is 12.0. The Morgan fingerprint density at radius 1 is 1.20 bits per heavy atom. The Bertz CT molecular complexity index is 839. The lowest BCUT2D eigenvalue weighted by Crippen LogP contribution is -2.26. The monoisotopic (exact) mass is 353 g/mol. The van der Waals surface area contributed by atoms with Gasteiger partial charge in [0.2, 0.25) is 5.91 Å². The van der Waals surface area contributed by atoms with Crippen LogP contribution in [0.2, 0.25) is 0 Å². The van der Waals surface area contributed by atoms with Gasteiger partial charge >= 0.3 is 0 Å². The maximum atomic E-state index is 12.0. The number of carbonyl (C=O) groups excluding carboxylic acids is 1. The molecule has 0 aliphatic rings. The number of hydrogen-bond acceptors (Lipinski definition) is 3. The smallest absolute Gasteiger partial charge is 0.230 e. The Morgan fingerprint density at radius 3 is 2.88 bits per heavy atom. The molecule has 0 bridgehead atoms. The molecule has 0 radical (unpaired) electrons. The molecule has 3 aromatic rings. The van der Waals surface area contributed by atoms with Gasteiger partial charge in [0.25, 0.3) is 0 Å². The van der Waals surface area contributed by atoms with Crippen LogP contribution in [0.5, 0.6) is 0 Å². The van der Waals surface area contributed by atoms with E-state index in [-0.39, 0.29) is 5.91 Å². The number of rotatable bonds is 7. The highest BCUT2D eigenvalue weighted by Gasteiger charge is 2.06. The Hall–Kier alpha value is -2.27. The van der Waals surface area contributed by atoms with Crippen LogP contribution in [0.25, 0.3) is 11.0 Å². The second-order valence-electron chi connectivity index (χ2n) is 6.21. The number of fused-ring (bicyclic) bond motifs is 1. The van der Waals surface area contributed by atoms with Crippen molar-refractivity contribution in [1.82, 2.24) is 15.3 Å². The van der Waals surface area contributed by atoms with Crippen LogP contribution in [0, 0.1) is 13.8 Å². The third-order valence-electron chi connectivity index (χ3n) is 4.05. The topological polar surface area (TPSA) is 57.8 Å². The molecule has 3 rings (SSSR count). The van der Waals surface area contributed by atoms with Gasteiger partial charge in [0.15, 0.2) is 0 Å². The third-order valence-corrected chi connectivity index (χ3v) is 5.21. The minimum atomic E-state index is 0.0792. The van der Waals surface area contributed by atoms with Gasteiger partial charge in [-0.15, -0.1) is 11.8 Å². The van der Waals surface area contributed by atoms with E-state index in [2.05, 4.69) is 47.3 Å². The van der Waals surface area contributed by atoms with E-state index in [0.717, 1.165) is 29.7 Å². The van der Waals surface area contributed by atoms with Crippen LogP contribution < -0.4 is 5.32 Å². The molecular weight excluding hydrogens is 330 g/mol. The fourth-order valence-corrected chi connectivity index (χ4v) is 3.62. The zero-order valence-electron chi connectivity index (χ0n) is 14.6. The molecule has 1 amide bonds. The number of H-pyrrole nitrogens is 1. The zero-order valence-corrected chi connectivity index (χ0v) is 15.5. The maximum Gasteiger partial charge on any atom is 0.230 e. The molecule has 0 spiro atoms. The third kappa shape index (κ3) is 4.86. The molecule has 1 heterocycles. The molecule has 0 saturated carbocycles. The second kappa shape index (κ2) is 8.21. The van der Waals surface area contributed by atoms with E-state index in [9.17, 15) is 4.79 Å². The zero-order chi connectivity index (χ0) is 17.6. The summed E-state index contributed by atoms with van der Waals surface area (Å²) in [6.45, 7) is 4.82. The first-order chi connectivity index (χ1) is 12.1. The van der Waals surface area contributed by atoms with E-state index >= 15 is 0 Å². The van der Waals surface area contributed by atoms with Gasteiger partial charge in [0.05, 0.1) is 16.8 Å². The molecule has 1 aromatic heterocycles. The average molecular weight is 353 g/mol. The largest absolute Gasteiger partial charge is 0.355 e. The van der Waals surface area contributed by atoms with Crippen LogP contribution in [0.3, 0.4) is 0 Å². The van der Waals surface area contributed by atoms with E-state index in [1.165, 1.54) is 16.0 Å². The molecule has 0 atom stereocenters. The predicted molar refractivity (Wildman–Crippen MR) is 104 cm³/mol. The van der Waals surface area contributed by atoms with Gasteiger partial charge < -0.3 is 10.3 Å². The van der Waals surface area contributed by atoms with Crippen molar-refractivity contribution in [3.63, 3.8) is 0 Å². The van der Waals surface area contributed by atoms with E-state index in [4.69, 9.17) is 0 Å². The van der Waals surface area contributed by atoms with Crippen molar-refractivity contribution in [2.75, 3.05) is 12.3 Å². The summed E-state index contributed by atoms with van der Waals surface area (Å²) in [6.07, 6.45) is 1.71. The van der Waals surface area contributed by atoms with Gasteiger partial charge in [-0.05, 0) is 44.0 Å². The summed E-state index contributed by atoms with van der Waals surface area (Å²) >= 11 is 1.60. The van der Waals surface area contributed by atoms with Crippen LogP contribution in [-0.2, 0) is 11.2 Å². The Morgan fingerprint density at radius 2 is 2.04 bits per heavy atom. The Kier molecular flexibility index (Phi) is 5.76. The SMILES string of the molecule is Cc1ccc(C)c(SCC(=O)NCCCc2nc3ccccc3[nH]2)c1. The number of aromatic nitrogens is 2. The van der Waals surface area contributed by atoms with E-state index < -0.39 is 0 Å². The van der Waals surface area contributed by atoms with Crippen molar-refractivity contribution in [1.29, 1.82) is 0 Å². The molecule has 0 fully saturated rings. The van der Waals surface area contributed by atoms with Crippen LogP contribution in [-0.4, -0.2) is 28.2 Å². The summed E-state index contributed by atoms with van der Waals surface area (Å²) < 4.78 is 0. The molecule has 130 valence electrons. The first-order valence-electron chi connectivity index (χ1n) is 8.52. The Labute approximate surface area is 152 Å². The summed E-state index contributed by atoms with van der Waals surface area (Å²) in [5.41, 5.74) is 4.49. The van der Waals surface area contributed by atoms with Crippen molar-refractivity contribution in [2.45, 2.75) is 31.6 Å². The molecule has 5 heteroatoms. The van der Waals surface area contributed by atoms with Gasteiger partial charge in [-0.2, -0.15) is 0 Å². The number of carbonyl (C=O) groups is 1. The molecule has 0 aliphatic heterocycles. The van der Waals surface area contributed by atoms with Crippen molar-refractivity contribution in [3.8, 4) is 0 Å². The van der Waals surface area contributed by atoms with Crippen molar-refractivity contribution in [3.05, 3.63) is 59.4 Å². The number of benzene rings is 2. The standard InChI is InChI=1S/C20H23N3OS/c1-14-9-10-15(2)18(12-14)25-13-20(24)21-11-5-8-19-22-16-6-3-4-7-17(16)23-19/h3-4,6-7,9-10,12H,5,8,11,13H2,1-2H3,(H,21,24)(H,22,23). The second-order valence-corrected chi connectivity index (χ2v) is 7.23.